The van der Waals surface area contributed by atoms with E-state index in [2.05, 4.69) is 10.8 Å². The molecule has 1 aromatic rings. The molecule has 0 heterocycles. The molecule has 16 heavy (non-hydrogen) atoms. The van der Waals surface area contributed by atoms with Gasteiger partial charge in [-0.3, -0.25) is 4.79 Å². The Morgan fingerprint density at radius 2 is 1.94 bits per heavy atom. The fourth-order valence-electron chi connectivity index (χ4n) is 2.17. The molecule has 86 valence electrons. The Labute approximate surface area is 101 Å². The minimum absolute atomic E-state index is 0.238. The first kappa shape index (κ1) is 11.5. The maximum absolute atomic E-state index is 11.2. The van der Waals surface area contributed by atoms with Crippen molar-refractivity contribution in [2.45, 2.75) is 32.1 Å². The SMILES string of the molecule is COC(=O)Cc1cc2c(cc1Cl)CCCC2. The third kappa shape index (κ3) is 2.38. The Kier molecular flexibility index (Phi) is 3.49. The van der Waals surface area contributed by atoms with Crippen LogP contribution in [0.1, 0.15) is 29.5 Å². The number of halogens is 1. The van der Waals surface area contributed by atoms with Crippen molar-refractivity contribution < 1.29 is 9.53 Å². The van der Waals surface area contributed by atoms with Gasteiger partial charge in [-0.25, -0.2) is 0 Å². The number of aryl methyl sites for hydroxylation is 2. The number of carbonyl (C=O) groups excluding carboxylic acids is 1. The molecule has 0 unspecified atom stereocenters. The molecule has 0 fully saturated rings. The van der Waals surface area contributed by atoms with Crippen LogP contribution < -0.4 is 0 Å². The van der Waals surface area contributed by atoms with Crippen molar-refractivity contribution in [2.75, 3.05) is 7.11 Å². The lowest BCUT2D eigenvalue weighted by atomic mass is 9.90. The molecule has 1 aromatic carbocycles. The van der Waals surface area contributed by atoms with Crippen molar-refractivity contribution in [3.63, 3.8) is 0 Å². The van der Waals surface area contributed by atoms with E-state index in [1.54, 1.807) is 0 Å². The lowest BCUT2D eigenvalue weighted by Crippen LogP contribution is -2.08. The van der Waals surface area contributed by atoms with E-state index < -0.39 is 0 Å². The van der Waals surface area contributed by atoms with Crippen LogP contribution in [0.5, 0.6) is 0 Å². The first-order valence-corrected chi connectivity index (χ1v) is 5.95. The van der Waals surface area contributed by atoms with Crippen LogP contribution in [0.3, 0.4) is 0 Å². The summed E-state index contributed by atoms with van der Waals surface area (Å²) in [5.41, 5.74) is 3.56. The summed E-state index contributed by atoms with van der Waals surface area (Å²) < 4.78 is 4.66. The minimum atomic E-state index is -0.238. The molecular weight excluding hydrogens is 224 g/mol. The Balaban J connectivity index is 2.28. The highest BCUT2D eigenvalue weighted by Gasteiger charge is 2.14. The van der Waals surface area contributed by atoms with Crippen LogP contribution >= 0.6 is 11.6 Å². The number of rotatable bonds is 2. The lowest BCUT2D eigenvalue weighted by Gasteiger charge is -2.17. The largest absolute Gasteiger partial charge is 0.469 e. The molecule has 3 heteroatoms. The van der Waals surface area contributed by atoms with Crippen molar-refractivity contribution in [3.8, 4) is 0 Å². The molecule has 1 aliphatic carbocycles. The van der Waals surface area contributed by atoms with Gasteiger partial charge in [-0.2, -0.15) is 0 Å². The molecule has 0 radical (unpaired) electrons. The highest BCUT2D eigenvalue weighted by atomic mass is 35.5. The quantitative estimate of drug-likeness (QED) is 0.741. The number of esters is 1. The van der Waals surface area contributed by atoms with Gasteiger partial charge in [0.1, 0.15) is 0 Å². The number of methoxy groups -OCH3 is 1. The summed E-state index contributed by atoms with van der Waals surface area (Å²) in [5.74, 6) is -0.238. The van der Waals surface area contributed by atoms with Gasteiger partial charge in [-0.1, -0.05) is 17.7 Å². The average molecular weight is 239 g/mol. The van der Waals surface area contributed by atoms with Gasteiger partial charge in [0, 0.05) is 5.02 Å². The zero-order chi connectivity index (χ0) is 11.5. The Hall–Kier alpha value is -1.02. The maximum atomic E-state index is 11.2. The normalized spacial score (nSPS) is 14.4. The summed E-state index contributed by atoms with van der Waals surface area (Å²) in [5, 5.41) is 0.686. The Morgan fingerprint density at radius 1 is 1.31 bits per heavy atom. The van der Waals surface area contributed by atoms with Crippen molar-refractivity contribution in [1.82, 2.24) is 0 Å². The number of benzene rings is 1. The number of ether oxygens (including phenoxy) is 1. The van der Waals surface area contributed by atoms with E-state index in [0.717, 1.165) is 18.4 Å². The molecule has 0 aliphatic heterocycles. The minimum Gasteiger partial charge on any atom is -0.469 e. The van der Waals surface area contributed by atoms with Crippen LogP contribution in [0.2, 0.25) is 5.02 Å². The third-order valence-electron chi connectivity index (χ3n) is 3.07. The second-order valence-corrected chi connectivity index (χ2v) is 4.58. The zero-order valence-electron chi connectivity index (χ0n) is 9.38. The fraction of sp³-hybridized carbons (Fsp3) is 0.462. The smallest absolute Gasteiger partial charge is 0.310 e. The van der Waals surface area contributed by atoms with Gasteiger partial charge in [0.25, 0.3) is 0 Å². The molecule has 2 nitrogen and oxygen atoms in total. The van der Waals surface area contributed by atoms with Gasteiger partial charge in [-0.15, -0.1) is 0 Å². The standard InChI is InChI=1S/C13H15ClO2/c1-16-13(15)8-11-6-9-4-2-3-5-10(9)7-12(11)14/h6-7H,2-5,8H2,1H3. The molecule has 0 saturated carbocycles. The molecule has 0 bridgehead atoms. The summed E-state index contributed by atoms with van der Waals surface area (Å²) in [7, 11) is 1.40. The molecule has 0 spiro atoms. The second kappa shape index (κ2) is 4.88. The van der Waals surface area contributed by atoms with Crippen molar-refractivity contribution in [1.29, 1.82) is 0 Å². The molecule has 1 aliphatic rings. The number of fused-ring (bicyclic) bond motifs is 1. The van der Waals surface area contributed by atoms with Crippen LogP contribution in [0.25, 0.3) is 0 Å². The third-order valence-corrected chi connectivity index (χ3v) is 3.43. The van der Waals surface area contributed by atoms with E-state index in [1.165, 1.54) is 31.1 Å². The number of carbonyl (C=O) groups is 1. The highest BCUT2D eigenvalue weighted by molar-refractivity contribution is 6.31. The molecular formula is C13H15ClO2. The predicted molar refractivity (Wildman–Crippen MR) is 63.8 cm³/mol. The van der Waals surface area contributed by atoms with E-state index >= 15 is 0 Å². The fourth-order valence-corrected chi connectivity index (χ4v) is 2.42. The molecule has 2 rings (SSSR count). The van der Waals surface area contributed by atoms with Gasteiger partial charge in [0.05, 0.1) is 13.5 Å². The number of hydrogen-bond acceptors (Lipinski definition) is 2. The van der Waals surface area contributed by atoms with E-state index in [4.69, 9.17) is 11.6 Å². The predicted octanol–water partition coefficient (Wildman–Crippen LogP) is 2.93. The van der Waals surface area contributed by atoms with Gasteiger partial charge < -0.3 is 4.74 Å². The van der Waals surface area contributed by atoms with Gasteiger partial charge in [0.2, 0.25) is 0 Å². The maximum Gasteiger partial charge on any atom is 0.310 e. The Bertz CT molecular complexity index is 413. The number of hydrogen-bond donors (Lipinski definition) is 0. The van der Waals surface area contributed by atoms with Crippen LogP contribution in [-0.4, -0.2) is 13.1 Å². The van der Waals surface area contributed by atoms with Crippen molar-refractivity contribution in [2.24, 2.45) is 0 Å². The first-order chi connectivity index (χ1) is 7.70. The zero-order valence-corrected chi connectivity index (χ0v) is 10.1. The molecule has 0 atom stereocenters. The topological polar surface area (TPSA) is 26.3 Å². The highest BCUT2D eigenvalue weighted by Crippen LogP contribution is 2.28. The molecule has 0 saturated heterocycles. The van der Waals surface area contributed by atoms with E-state index in [1.807, 2.05) is 6.07 Å². The van der Waals surface area contributed by atoms with Crippen LogP contribution in [0.4, 0.5) is 0 Å². The molecule has 0 aromatic heterocycles. The first-order valence-electron chi connectivity index (χ1n) is 5.57. The van der Waals surface area contributed by atoms with Crippen molar-refractivity contribution >= 4 is 17.6 Å². The van der Waals surface area contributed by atoms with Crippen LogP contribution in [0.15, 0.2) is 12.1 Å². The summed E-state index contributed by atoms with van der Waals surface area (Å²) in [6.07, 6.45) is 4.93. The van der Waals surface area contributed by atoms with E-state index in [9.17, 15) is 4.79 Å². The summed E-state index contributed by atoms with van der Waals surface area (Å²) >= 11 is 6.15. The van der Waals surface area contributed by atoms with Crippen molar-refractivity contribution in [3.05, 3.63) is 33.8 Å². The monoisotopic (exact) mass is 238 g/mol. The Morgan fingerprint density at radius 3 is 2.56 bits per heavy atom. The molecule has 0 N–H and O–H groups in total. The second-order valence-electron chi connectivity index (χ2n) is 4.17. The van der Waals surface area contributed by atoms with Gasteiger partial charge in [0.15, 0.2) is 0 Å². The van der Waals surface area contributed by atoms with Crippen LogP contribution in [-0.2, 0) is 28.8 Å². The summed E-state index contributed by atoms with van der Waals surface area (Å²) in [6, 6.07) is 4.07. The van der Waals surface area contributed by atoms with E-state index in [0.29, 0.717) is 5.02 Å². The lowest BCUT2D eigenvalue weighted by molar-refractivity contribution is -0.139. The summed E-state index contributed by atoms with van der Waals surface area (Å²) in [6.45, 7) is 0. The molecule has 0 amide bonds. The van der Waals surface area contributed by atoms with Gasteiger partial charge >= 0.3 is 5.97 Å². The summed E-state index contributed by atoms with van der Waals surface area (Å²) in [4.78, 5) is 11.2. The van der Waals surface area contributed by atoms with Crippen LogP contribution in [0, 0.1) is 0 Å². The van der Waals surface area contributed by atoms with E-state index in [-0.39, 0.29) is 12.4 Å². The van der Waals surface area contributed by atoms with Gasteiger partial charge in [-0.05, 0) is 48.4 Å². The average Bonchev–Trinajstić information content (AvgIpc) is 2.30.